The van der Waals surface area contributed by atoms with Gasteiger partial charge >= 0.3 is 0 Å². The third kappa shape index (κ3) is 8.30. The standard InChI is InChI=1S/C29H39N3O13S/c1-14(34)30-26-24(20(35)19(13-33)45-29(26,2)3)43-28-23(38)21(36)22(37)25(44-28)27(39)31-15-10-11-17(32-46(4,40)41)18(12-15)42-16-8-6-5-7-9-16/h5-12,19-26,28,32-33,35-38H,13H2,1-4H3,(H,30,34)(H,31,39). The third-order valence-electron chi connectivity index (χ3n) is 7.42. The minimum absolute atomic E-state index is 0.0229. The molecule has 8 N–H and O–H groups in total. The van der Waals surface area contributed by atoms with Crippen LogP contribution in [0.1, 0.15) is 20.8 Å². The SMILES string of the molecule is CC(=O)NC1C(OC2OC(C(=O)Nc3ccc(NS(C)(=O)=O)c(Oc4ccccc4)c3)C(O)C(O)C2O)C(O)C(CO)OC1(C)C. The molecule has 4 rings (SSSR count). The zero-order valence-corrected chi connectivity index (χ0v) is 26.2. The molecule has 0 saturated carbocycles. The van der Waals surface area contributed by atoms with Gasteiger partial charge in [-0.05, 0) is 38.1 Å². The lowest BCUT2D eigenvalue weighted by Crippen LogP contribution is -2.70. The minimum Gasteiger partial charge on any atom is -0.455 e. The molecule has 0 aliphatic carbocycles. The molecule has 2 aliphatic rings. The Morgan fingerprint density at radius 1 is 0.978 bits per heavy atom. The number of rotatable bonds is 10. The van der Waals surface area contributed by atoms with Gasteiger partial charge in [0.15, 0.2) is 18.1 Å². The first-order valence-electron chi connectivity index (χ1n) is 14.3. The Labute approximate surface area is 265 Å². The average molecular weight is 670 g/mol. The molecule has 16 nitrogen and oxygen atoms in total. The Balaban J connectivity index is 1.58. The van der Waals surface area contributed by atoms with Gasteiger partial charge in [0.25, 0.3) is 5.91 Å². The molecule has 0 spiro atoms. The van der Waals surface area contributed by atoms with Crippen molar-refractivity contribution in [2.24, 2.45) is 0 Å². The fraction of sp³-hybridized carbons (Fsp3) is 0.517. The molecule has 0 bridgehead atoms. The van der Waals surface area contributed by atoms with Gasteiger partial charge in [-0.2, -0.15) is 0 Å². The molecule has 2 amide bonds. The van der Waals surface area contributed by atoms with Crippen LogP contribution in [-0.2, 0) is 33.8 Å². The van der Waals surface area contributed by atoms with Crippen molar-refractivity contribution in [2.45, 2.75) is 81.4 Å². The van der Waals surface area contributed by atoms with E-state index in [4.69, 9.17) is 18.9 Å². The number of hydrogen-bond donors (Lipinski definition) is 8. The number of anilines is 2. The van der Waals surface area contributed by atoms with E-state index in [9.17, 15) is 43.5 Å². The molecular weight excluding hydrogens is 630 g/mol. The highest BCUT2D eigenvalue weighted by atomic mass is 32.2. The maximum absolute atomic E-state index is 13.4. The predicted octanol–water partition coefficient (Wildman–Crippen LogP) is -0.983. The largest absolute Gasteiger partial charge is 0.455 e. The summed E-state index contributed by atoms with van der Waals surface area (Å²) in [6.07, 6.45) is -12.6. The van der Waals surface area contributed by atoms with Gasteiger partial charge < -0.3 is 55.1 Å². The first kappa shape index (κ1) is 35.5. The minimum atomic E-state index is -3.71. The van der Waals surface area contributed by atoms with E-state index in [0.29, 0.717) is 5.75 Å². The lowest BCUT2D eigenvalue weighted by atomic mass is 9.84. The summed E-state index contributed by atoms with van der Waals surface area (Å²) in [4.78, 5) is 25.4. The average Bonchev–Trinajstić information content (AvgIpc) is 2.97. The van der Waals surface area contributed by atoms with E-state index in [-0.39, 0.29) is 17.1 Å². The van der Waals surface area contributed by atoms with Crippen molar-refractivity contribution in [1.29, 1.82) is 0 Å². The smallest absolute Gasteiger partial charge is 0.256 e. The van der Waals surface area contributed by atoms with Crippen molar-refractivity contribution >= 4 is 33.2 Å². The van der Waals surface area contributed by atoms with Crippen LogP contribution in [0, 0.1) is 0 Å². The molecule has 2 heterocycles. The summed E-state index contributed by atoms with van der Waals surface area (Å²) in [7, 11) is -3.71. The van der Waals surface area contributed by atoms with E-state index < -0.39 is 89.1 Å². The summed E-state index contributed by atoms with van der Waals surface area (Å²) in [6.45, 7) is 3.77. The van der Waals surface area contributed by atoms with Gasteiger partial charge in [-0.1, -0.05) is 18.2 Å². The fourth-order valence-corrected chi connectivity index (χ4v) is 5.81. The molecule has 254 valence electrons. The molecule has 9 unspecified atom stereocenters. The number of nitrogens with one attached hydrogen (secondary N) is 3. The number of hydrogen-bond acceptors (Lipinski definition) is 13. The van der Waals surface area contributed by atoms with E-state index >= 15 is 0 Å². The first-order chi connectivity index (χ1) is 21.5. The first-order valence-corrected chi connectivity index (χ1v) is 16.1. The molecule has 0 radical (unpaired) electrons. The number of benzene rings is 2. The van der Waals surface area contributed by atoms with Crippen molar-refractivity contribution in [3.63, 3.8) is 0 Å². The highest BCUT2D eigenvalue weighted by Gasteiger charge is 2.54. The number of carbonyl (C=O) groups is 2. The highest BCUT2D eigenvalue weighted by Crippen LogP contribution is 2.35. The van der Waals surface area contributed by atoms with Crippen LogP contribution in [0.3, 0.4) is 0 Å². The van der Waals surface area contributed by atoms with Gasteiger partial charge in [0.05, 0.1) is 30.2 Å². The normalized spacial score (nSPS) is 31.0. The topological polar surface area (TPSA) is 242 Å². The molecule has 46 heavy (non-hydrogen) atoms. The van der Waals surface area contributed by atoms with Crippen LogP contribution in [0.25, 0.3) is 0 Å². The number of amides is 2. The summed E-state index contributed by atoms with van der Waals surface area (Å²) in [5, 5.41) is 57.9. The number of ether oxygens (including phenoxy) is 4. The molecule has 2 aromatic carbocycles. The second-order valence-electron chi connectivity index (χ2n) is 11.6. The summed E-state index contributed by atoms with van der Waals surface area (Å²) in [5.41, 5.74) is -1.05. The van der Waals surface area contributed by atoms with Crippen molar-refractivity contribution in [2.75, 3.05) is 22.9 Å². The molecule has 2 fully saturated rings. The molecule has 2 aromatic rings. The zero-order valence-electron chi connectivity index (χ0n) is 25.4. The van der Waals surface area contributed by atoms with Gasteiger partial charge in [-0.15, -0.1) is 0 Å². The van der Waals surface area contributed by atoms with Crippen molar-refractivity contribution in [1.82, 2.24) is 5.32 Å². The lowest BCUT2D eigenvalue weighted by molar-refractivity contribution is -0.329. The molecule has 2 aliphatic heterocycles. The van der Waals surface area contributed by atoms with E-state index in [1.807, 2.05) is 0 Å². The monoisotopic (exact) mass is 669 g/mol. The fourth-order valence-electron chi connectivity index (χ4n) is 5.25. The summed E-state index contributed by atoms with van der Waals surface area (Å²) in [6, 6.07) is 11.4. The van der Waals surface area contributed by atoms with E-state index in [1.54, 1.807) is 44.2 Å². The Kier molecular flexibility index (Phi) is 10.9. The Hall–Kier alpha value is -3.39. The van der Waals surface area contributed by atoms with Crippen LogP contribution < -0.4 is 20.1 Å². The number of sulfonamides is 1. The molecular formula is C29H39N3O13S. The predicted molar refractivity (Wildman–Crippen MR) is 161 cm³/mol. The highest BCUT2D eigenvalue weighted by molar-refractivity contribution is 7.92. The number of aliphatic hydroxyl groups excluding tert-OH is 5. The second-order valence-corrected chi connectivity index (χ2v) is 13.3. The summed E-state index contributed by atoms with van der Waals surface area (Å²) >= 11 is 0. The maximum Gasteiger partial charge on any atom is 0.256 e. The third-order valence-corrected chi connectivity index (χ3v) is 8.01. The quantitative estimate of drug-likeness (QED) is 0.152. The van der Waals surface area contributed by atoms with Gasteiger partial charge in [0.2, 0.25) is 15.9 Å². The Morgan fingerprint density at radius 2 is 1.65 bits per heavy atom. The number of para-hydroxylation sites is 1. The van der Waals surface area contributed by atoms with Gasteiger partial charge in [-0.25, -0.2) is 8.42 Å². The van der Waals surface area contributed by atoms with Gasteiger partial charge in [0, 0.05) is 18.7 Å². The summed E-state index contributed by atoms with van der Waals surface area (Å²) in [5.74, 6) is -1.10. The lowest BCUT2D eigenvalue weighted by Gasteiger charge is -2.51. The number of carbonyl (C=O) groups excluding carboxylic acids is 2. The van der Waals surface area contributed by atoms with Crippen LogP contribution >= 0.6 is 0 Å². The molecule has 9 atom stereocenters. The Morgan fingerprint density at radius 3 is 2.26 bits per heavy atom. The van der Waals surface area contributed by atoms with Crippen molar-refractivity contribution < 1.29 is 62.5 Å². The van der Waals surface area contributed by atoms with Crippen LogP contribution in [0.5, 0.6) is 11.5 Å². The van der Waals surface area contributed by atoms with Gasteiger partial charge in [0.1, 0.15) is 42.4 Å². The van der Waals surface area contributed by atoms with E-state index in [1.165, 1.54) is 25.1 Å². The molecule has 2 saturated heterocycles. The van der Waals surface area contributed by atoms with Gasteiger partial charge in [-0.3, -0.25) is 14.3 Å². The van der Waals surface area contributed by atoms with E-state index in [2.05, 4.69) is 15.4 Å². The van der Waals surface area contributed by atoms with Crippen LogP contribution in [-0.4, -0.2) is 119 Å². The molecule has 17 heteroatoms. The van der Waals surface area contributed by atoms with Crippen LogP contribution in [0.15, 0.2) is 48.5 Å². The number of aliphatic hydroxyl groups is 5. The van der Waals surface area contributed by atoms with E-state index in [0.717, 1.165) is 6.26 Å². The van der Waals surface area contributed by atoms with Crippen molar-refractivity contribution in [3.05, 3.63) is 48.5 Å². The Bertz CT molecular complexity index is 1490. The van der Waals surface area contributed by atoms with Crippen LogP contribution in [0.2, 0.25) is 0 Å². The molecule has 0 aromatic heterocycles. The summed E-state index contributed by atoms with van der Waals surface area (Å²) < 4.78 is 49.2. The zero-order chi connectivity index (χ0) is 34.0. The van der Waals surface area contributed by atoms with Crippen molar-refractivity contribution in [3.8, 4) is 11.5 Å². The maximum atomic E-state index is 13.4. The second kappa shape index (κ2) is 14.2. The van der Waals surface area contributed by atoms with Crippen LogP contribution in [0.4, 0.5) is 11.4 Å².